The average molecular weight is 330 g/mol. The lowest BCUT2D eigenvalue weighted by atomic mass is 9.97. The number of H-pyrrole nitrogens is 1. The first kappa shape index (κ1) is 15.4. The van der Waals surface area contributed by atoms with Crippen molar-refractivity contribution in [3.63, 3.8) is 0 Å². The van der Waals surface area contributed by atoms with Crippen molar-refractivity contribution in [2.75, 3.05) is 7.11 Å². The van der Waals surface area contributed by atoms with Crippen molar-refractivity contribution < 1.29 is 4.74 Å². The number of hydrogen-bond donors (Lipinski definition) is 2. The van der Waals surface area contributed by atoms with E-state index < -0.39 is 0 Å². The van der Waals surface area contributed by atoms with Crippen molar-refractivity contribution in [2.24, 2.45) is 5.73 Å². The molecular weight excluding hydrogens is 312 g/mol. The van der Waals surface area contributed by atoms with E-state index in [1.54, 1.807) is 25.7 Å². The molecule has 4 aromatic rings. The Morgan fingerprint density at radius 3 is 2.72 bits per heavy atom. The monoisotopic (exact) mass is 330 g/mol. The molecule has 5 nitrogen and oxygen atoms in total. The second kappa shape index (κ2) is 6.37. The van der Waals surface area contributed by atoms with E-state index in [0.29, 0.717) is 0 Å². The van der Waals surface area contributed by atoms with E-state index in [2.05, 4.69) is 27.1 Å². The molecule has 0 aliphatic heterocycles. The van der Waals surface area contributed by atoms with Gasteiger partial charge in [-0.05, 0) is 53.6 Å². The minimum atomic E-state index is -0.314. The molecule has 3 heterocycles. The molecule has 3 N–H and O–H groups in total. The molecule has 0 amide bonds. The number of nitrogens with zero attached hydrogens (tertiary/aromatic N) is 2. The van der Waals surface area contributed by atoms with E-state index in [9.17, 15) is 0 Å². The SMILES string of the molecule is COc1ccc(-c2cc3cccnc3[nH]2)cc1C(N)c1cccnc1. The Morgan fingerprint density at radius 1 is 1.08 bits per heavy atom. The van der Waals surface area contributed by atoms with Crippen LogP contribution in [0.4, 0.5) is 0 Å². The van der Waals surface area contributed by atoms with Crippen LogP contribution >= 0.6 is 0 Å². The molecule has 0 saturated heterocycles. The smallest absolute Gasteiger partial charge is 0.137 e. The van der Waals surface area contributed by atoms with Crippen LogP contribution in [0.25, 0.3) is 22.3 Å². The van der Waals surface area contributed by atoms with Crippen LogP contribution in [0.2, 0.25) is 0 Å². The van der Waals surface area contributed by atoms with Crippen LogP contribution in [0.1, 0.15) is 17.2 Å². The number of ether oxygens (including phenoxy) is 1. The molecular formula is C20H18N4O. The van der Waals surface area contributed by atoms with E-state index in [1.165, 1.54) is 0 Å². The Hall–Kier alpha value is -3.18. The predicted molar refractivity (Wildman–Crippen MR) is 98.3 cm³/mol. The van der Waals surface area contributed by atoms with Crippen molar-refractivity contribution in [3.8, 4) is 17.0 Å². The Labute approximate surface area is 145 Å². The van der Waals surface area contributed by atoms with Gasteiger partial charge in [0, 0.05) is 35.2 Å². The van der Waals surface area contributed by atoms with Crippen molar-refractivity contribution >= 4 is 11.0 Å². The summed E-state index contributed by atoms with van der Waals surface area (Å²) in [6.07, 6.45) is 5.30. The molecule has 1 unspecified atom stereocenters. The summed E-state index contributed by atoms with van der Waals surface area (Å²) in [6.45, 7) is 0. The van der Waals surface area contributed by atoms with E-state index >= 15 is 0 Å². The maximum absolute atomic E-state index is 6.47. The molecule has 1 atom stereocenters. The minimum Gasteiger partial charge on any atom is -0.496 e. The first-order valence-electron chi connectivity index (χ1n) is 8.04. The molecule has 5 heteroatoms. The Bertz CT molecular complexity index is 978. The number of rotatable bonds is 4. The summed E-state index contributed by atoms with van der Waals surface area (Å²) < 4.78 is 5.51. The summed E-state index contributed by atoms with van der Waals surface area (Å²) in [5, 5.41) is 1.08. The number of methoxy groups -OCH3 is 1. The zero-order valence-electron chi connectivity index (χ0n) is 13.8. The van der Waals surface area contributed by atoms with Gasteiger partial charge in [0.2, 0.25) is 0 Å². The standard InChI is InChI=1S/C20H18N4O/c1-25-18-7-6-13(17-11-14-4-3-9-23-20(14)24-17)10-16(18)19(21)15-5-2-8-22-12-15/h2-12,19H,21H2,1H3,(H,23,24). The maximum atomic E-state index is 6.47. The zero-order valence-corrected chi connectivity index (χ0v) is 13.8. The predicted octanol–water partition coefficient (Wildman–Crippen LogP) is 3.68. The molecule has 25 heavy (non-hydrogen) atoms. The number of pyridine rings is 2. The second-order valence-electron chi connectivity index (χ2n) is 5.85. The fourth-order valence-corrected chi connectivity index (χ4v) is 3.00. The van der Waals surface area contributed by atoms with E-state index in [4.69, 9.17) is 10.5 Å². The fraction of sp³-hybridized carbons (Fsp3) is 0.100. The van der Waals surface area contributed by atoms with Gasteiger partial charge in [-0.25, -0.2) is 4.98 Å². The van der Waals surface area contributed by atoms with Crippen LogP contribution in [-0.4, -0.2) is 22.1 Å². The van der Waals surface area contributed by atoms with Crippen molar-refractivity contribution in [1.82, 2.24) is 15.0 Å². The summed E-state index contributed by atoms with van der Waals surface area (Å²) in [4.78, 5) is 11.9. The zero-order chi connectivity index (χ0) is 17.2. The maximum Gasteiger partial charge on any atom is 0.137 e. The third-order valence-corrected chi connectivity index (χ3v) is 4.31. The van der Waals surface area contributed by atoms with E-state index in [0.717, 1.165) is 39.2 Å². The molecule has 4 rings (SSSR count). The third kappa shape index (κ3) is 2.86. The van der Waals surface area contributed by atoms with Crippen LogP contribution in [0.15, 0.2) is 67.1 Å². The summed E-state index contributed by atoms with van der Waals surface area (Å²) >= 11 is 0. The van der Waals surface area contributed by atoms with Gasteiger partial charge in [-0.3, -0.25) is 4.98 Å². The summed E-state index contributed by atoms with van der Waals surface area (Å²) in [5.74, 6) is 0.759. The number of fused-ring (bicyclic) bond motifs is 1. The molecule has 0 radical (unpaired) electrons. The second-order valence-corrected chi connectivity index (χ2v) is 5.85. The highest BCUT2D eigenvalue weighted by Gasteiger charge is 2.16. The number of nitrogens with two attached hydrogens (primary N) is 1. The summed E-state index contributed by atoms with van der Waals surface area (Å²) in [6, 6.07) is 15.6. The van der Waals surface area contributed by atoms with Crippen LogP contribution in [0.3, 0.4) is 0 Å². The van der Waals surface area contributed by atoms with Gasteiger partial charge in [-0.2, -0.15) is 0 Å². The van der Waals surface area contributed by atoms with Crippen LogP contribution in [-0.2, 0) is 0 Å². The van der Waals surface area contributed by atoms with Gasteiger partial charge in [0.05, 0.1) is 13.2 Å². The topological polar surface area (TPSA) is 76.8 Å². The van der Waals surface area contributed by atoms with Gasteiger partial charge >= 0.3 is 0 Å². The molecule has 0 aliphatic carbocycles. The van der Waals surface area contributed by atoms with Crippen LogP contribution in [0.5, 0.6) is 5.75 Å². The highest BCUT2D eigenvalue weighted by atomic mass is 16.5. The highest BCUT2D eigenvalue weighted by Crippen LogP contribution is 2.33. The highest BCUT2D eigenvalue weighted by molar-refractivity contribution is 5.83. The number of aromatic nitrogens is 3. The van der Waals surface area contributed by atoms with Gasteiger partial charge in [0.25, 0.3) is 0 Å². The summed E-state index contributed by atoms with van der Waals surface area (Å²) in [7, 11) is 1.65. The minimum absolute atomic E-state index is 0.314. The Morgan fingerprint density at radius 2 is 1.96 bits per heavy atom. The summed E-state index contributed by atoms with van der Waals surface area (Å²) in [5.41, 5.74) is 11.2. The first-order valence-corrected chi connectivity index (χ1v) is 8.04. The Balaban J connectivity index is 1.80. The third-order valence-electron chi connectivity index (χ3n) is 4.31. The van der Waals surface area contributed by atoms with Crippen molar-refractivity contribution in [2.45, 2.75) is 6.04 Å². The van der Waals surface area contributed by atoms with Crippen LogP contribution < -0.4 is 10.5 Å². The first-order chi connectivity index (χ1) is 12.3. The van der Waals surface area contributed by atoms with Gasteiger partial charge in [0.1, 0.15) is 11.4 Å². The Kier molecular flexibility index (Phi) is 3.91. The van der Waals surface area contributed by atoms with Gasteiger partial charge in [-0.1, -0.05) is 6.07 Å². The average Bonchev–Trinajstić information content (AvgIpc) is 3.12. The molecule has 3 aromatic heterocycles. The molecule has 0 spiro atoms. The number of nitrogens with one attached hydrogen (secondary N) is 1. The molecule has 0 saturated carbocycles. The van der Waals surface area contributed by atoms with Crippen molar-refractivity contribution in [1.29, 1.82) is 0 Å². The fourth-order valence-electron chi connectivity index (χ4n) is 3.00. The normalized spacial score (nSPS) is 12.2. The molecule has 1 aromatic carbocycles. The molecule has 0 bridgehead atoms. The largest absolute Gasteiger partial charge is 0.496 e. The lowest BCUT2D eigenvalue weighted by Gasteiger charge is -2.17. The lowest BCUT2D eigenvalue weighted by Crippen LogP contribution is -2.13. The van der Waals surface area contributed by atoms with Crippen LogP contribution in [0, 0.1) is 0 Å². The van der Waals surface area contributed by atoms with Gasteiger partial charge in [-0.15, -0.1) is 0 Å². The van der Waals surface area contributed by atoms with Crippen molar-refractivity contribution in [3.05, 3.63) is 78.2 Å². The molecule has 0 fully saturated rings. The van der Waals surface area contributed by atoms with E-state index in [-0.39, 0.29) is 6.04 Å². The number of aromatic amines is 1. The molecule has 124 valence electrons. The molecule has 0 aliphatic rings. The lowest BCUT2D eigenvalue weighted by molar-refractivity contribution is 0.408. The van der Waals surface area contributed by atoms with Gasteiger partial charge < -0.3 is 15.5 Å². The van der Waals surface area contributed by atoms with Gasteiger partial charge in [0.15, 0.2) is 0 Å². The number of benzene rings is 1. The number of hydrogen-bond acceptors (Lipinski definition) is 4. The van der Waals surface area contributed by atoms with E-state index in [1.807, 2.05) is 36.4 Å². The quantitative estimate of drug-likeness (QED) is 0.598.